The maximum atomic E-state index is 6.62. The van der Waals surface area contributed by atoms with E-state index >= 15 is 0 Å². The number of nitrogens with zero attached hydrogens (tertiary/aromatic N) is 1. The summed E-state index contributed by atoms with van der Waals surface area (Å²) in [7, 11) is -1.82. The quantitative estimate of drug-likeness (QED) is 0.283. The average molecular weight is 493 g/mol. The van der Waals surface area contributed by atoms with Gasteiger partial charge in [0.15, 0.2) is 8.32 Å². The molecule has 0 aliphatic carbocycles. The van der Waals surface area contributed by atoms with Gasteiger partial charge in [0.25, 0.3) is 0 Å². The maximum absolute atomic E-state index is 6.62. The Morgan fingerprint density at radius 2 is 1.44 bits per heavy atom. The zero-order valence-corrected chi connectivity index (χ0v) is 23.4. The molecule has 0 spiro atoms. The first-order chi connectivity index (χ1) is 17.1. The number of rotatable bonds is 6. The molecule has 0 aromatic heterocycles. The third kappa shape index (κ3) is 4.70. The number of nitrogens with one attached hydrogen (secondary N) is 1. The second-order valence-corrected chi connectivity index (χ2v) is 16.3. The Bertz CT molecular complexity index is 1360. The van der Waals surface area contributed by atoms with Gasteiger partial charge in [-0.05, 0) is 59.2 Å². The van der Waals surface area contributed by atoms with Crippen LogP contribution in [-0.2, 0) is 4.43 Å². The molecule has 4 aromatic rings. The molecule has 3 nitrogen and oxygen atoms in total. The molecule has 4 aromatic carbocycles. The minimum absolute atomic E-state index is 0.0422. The highest BCUT2D eigenvalue weighted by Crippen LogP contribution is 2.39. The first kappa shape index (κ1) is 24.7. The normalized spacial score (nSPS) is 13.7. The summed E-state index contributed by atoms with van der Waals surface area (Å²) in [5.41, 5.74) is 7.49. The molecule has 1 aliphatic rings. The van der Waals surface area contributed by atoms with Gasteiger partial charge in [-0.15, -0.1) is 0 Å². The largest absolute Gasteiger partial charge is 0.415 e. The van der Waals surface area contributed by atoms with Crippen LogP contribution < -0.4 is 15.5 Å². The fourth-order valence-electron chi connectivity index (χ4n) is 4.78. The van der Waals surface area contributed by atoms with Gasteiger partial charge in [0.1, 0.15) is 0 Å². The van der Waals surface area contributed by atoms with E-state index < -0.39 is 8.32 Å². The molecule has 5 rings (SSSR count). The first-order valence-electron chi connectivity index (χ1n) is 13.0. The topological polar surface area (TPSA) is 24.5 Å². The predicted octanol–water partition coefficient (Wildman–Crippen LogP) is 7.46. The molecule has 5 heteroatoms. The Morgan fingerprint density at radius 3 is 2.08 bits per heavy atom. The Labute approximate surface area is 217 Å². The number of aryl methyl sites for hydroxylation is 1. The van der Waals surface area contributed by atoms with Crippen molar-refractivity contribution in [3.05, 3.63) is 90.5 Å². The monoisotopic (exact) mass is 492 g/mol. The van der Waals surface area contributed by atoms with Gasteiger partial charge >= 0.3 is 6.98 Å². The molecule has 0 bridgehead atoms. The molecule has 0 saturated carbocycles. The van der Waals surface area contributed by atoms with E-state index in [1.165, 1.54) is 44.3 Å². The summed E-state index contributed by atoms with van der Waals surface area (Å²) in [6.45, 7) is 15.3. The molecular weight excluding hydrogens is 455 g/mol. The van der Waals surface area contributed by atoms with Crippen molar-refractivity contribution < 1.29 is 4.43 Å². The summed E-state index contributed by atoms with van der Waals surface area (Å²) in [4.78, 5) is 2.49. The van der Waals surface area contributed by atoms with E-state index in [0.29, 0.717) is 6.61 Å². The molecule has 0 atom stereocenters. The van der Waals surface area contributed by atoms with Gasteiger partial charge in [0.2, 0.25) is 0 Å². The number of anilines is 2. The van der Waals surface area contributed by atoms with Crippen molar-refractivity contribution in [1.82, 2.24) is 0 Å². The molecule has 1 heterocycles. The zero-order chi connectivity index (χ0) is 25.5. The highest BCUT2D eigenvalue weighted by molar-refractivity contribution is 6.80. The van der Waals surface area contributed by atoms with Crippen LogP contribution in [0.2, 0.25) is 18.1 Å². The molecule has 0 fully saturated rings. The van der Waals surface area contributed by atoms with Crippen LogP contribution in [0.4, 0.5) is 11.4 Å². The van der Waals surface area contributed by atoms with Gasteiger partial charge in [-0.2, -0.15) is 0 Å². The summed E-state index contributed by atoms with van der Waals surface area (Å²) in [5, 5.41) is 6.61. The summed E-state index contributed by atoms with van der Waals surface area (Å²) >= 11 is 0. The predicted molar refractivity (Wildman–Crippen MR) is 160 cm³/mol. The van der Waals surface area contributed by atoms with Crippen LogP contribution in [0.25, 0.3) is 21.9 Å². The minimum atomic E-state index is -1.82. The van der Waals surface area contributed by atoms with E-state index in [2.05, 4.69) is 136 Å². The van der Waals surface area contributed by atoms with Gasteiger partial charge in [-0.25, -0.2) is 0 Å². The Kier molecular flexibility index (Phi) is 6.48. The van der Waals surface area contributed by atoms with Crippen LogP contribution in [0.5, 0.6) is 0 Å². The molecular formula is C31H37BN2OSi. The highest BCUT2D eigenvalue weighted by Gasteiger charge is 2.38. The maximum Gasteiger partial charge on any atom is 0.408 e. The van der Waals surface area contributed by atoms with Gasteiger partial charge in [0, 0.05) is 23.3 Å². The standard InChI is InChI=1S/C31H37BN2OSi/c1-23-13-15-24(16-14-23)25-17-19-27(20-18-25)32-33-28-11-7-9-26-10-8-12-29(30(26)28)34(32)21-22-35-36(5,6)31(2,3)4/h7-20,33H,21-22H2,1-6H3. The van der Waals surface area contributed by atoms with E-state index in [1.807, 2.05) is 0 Å². The SMILES string of the molecule is Cc1ccc(-c2ccc(B3Nc4cccc5cccc(c45)N3CCO[Si](C)(C)C(C)(C)C)cc2)cc1. The van der Waals surface area contributed by atoms with E-state index in [-0.39, 0.29) is 12.0 Å². The molecule has 1 aliphatic heterocycles. The molecule has 0 unspecified atom stereocenters. The molecule has 0 radical (unpaired) electrons. The van der Waals surface area contributed by atoms with Crippen molar-refractivity contribution in [2.24, 2.45) is 0 Å². The third-order valence-electron chi connectivity index (χ3n) is 8.01. The smallest absolute Gasteiger partial charge is 0.408 e. The van der Waals surface area contributed by atoms with Crippen LogP contribution in [0, 0.1) is 6.92 Å². The van der Waals surface area contributed by atoms with Gasteiger partial charge in [-0.1, -0.05) is 99.1 Å². The van der Waals surface area contributed by atoms with Crippen LogP contribution >= 0.6 is 0 Å². The van der Waals surface area contributed by atoms with Crippen molar-refractivity contribution in [2.45, 2.75) is 45.8 Å². The summed E-state index contributed by atoms with van der Waals surface area (Å²) in [6, 6.07) is 30.9. The van der Waals surface area contributed by atoms with Gasteiger partial charge in [0.05, 0.1) is 6.61 Å². The molecule has 0 saturated heterocycles. The summed E-state index contributed by atoms with van der Waals surface area (Å²) in [6.07, 6.45) is 0. The molecule has 1 N–H and O–H groups in total. The van der Waals surface area contributed by atoms with Crippen molar-refractivity contribution in [2.75, 3.05) is 23.2 Å². The van der Waals surface area contributed by atoms with E-state index in [9.17, 15) is 0 Å². The Balaban J connectivity index is 1.47. The highest BCUT2D eigenvalue weighted by atomic mass is 28.4. The van der Waals surface area contributed by atoms with E-state index in [1.54, 1.807) is 0 Å². The van der Waals surface area contributed by atoms with Crippen LogP contribution in [0.3, 0.4) is 0 Å². The van der Waals surface area contributed by atoms with Crippen molar-refractivity contribution in [3.63, 3.8) is 0 Å². The fraction of sp³-hybridized carbons (Fsp3) is 0.290. The number of hydrogen-bond donors (Lipinski definition) is 1. The van der Waals surface area contributed by atoms with E-state index in [0.717, 1.165) is 6.54 Å². The van der Waals surface area contributed by atoms with Crippen molar-refractivity contribution in [3.8, 4) is 11.1 Å². The molecule has 0 amide bonds. The third-order valence-corrected chi connectivity index (χ3v) is 12.5. The van der Waals surface area contributed by atoms with Crippen LogP contribution in [0.15, 0.2) is 84.9 Å². The summed E-state index contributed by atoms with van der Waals surface area (Å²) < 4.78 is 6.62. The van der Waals surface area contributed by atoms with Gasteiger partial charge < -0.3 is 14.5 Å². The Hall–Kier alpha value is -3.02. The lowest BCUT2D eigenvalue weighted by Crippen LogP contribution is -2.57. The first-order valence-corrected chi connectivity index (χ1v) is 15.9. The zero-order valence-electron chi connectivity index (χ0n) is 22.4. The second kappa shape index (κ2) is 9.45. The molecule has 184 valence electrons. The fourth-order valence-corrected chi connectivity index (χ4v) is 5.81. The van der Waals surface area contributed by atoms with E-state index in [4.69, 9.17) is 4.43 Å². The van der Waals surface area contributed by atoms with Crippen molar-refractivity contribution >= 4 is 42.9 Å². The Morgan fingerprint density at radius 1 is 0.833 bits per heavy atom. The lowest BCUT2D eigenvalue weighted by molar-refractivity contribution is 0.298. The number of hydrogen-bond acceptors (Lipinski definition) is 3. The van der Waals surface area contributed by atoms with Crippen molar-refractivity contribution in [1.29, 1.82) is 0 Å². The number of benzene rings is 4. The summed E-state index contributed by atoms with van der Waals surface area (Å²) in [5.74, 6) is 0. The lowest BCUT2D eigenvalue weighted by atomic mass is 9.63. The van der Waals surface area contributed by atoms with Crippen LogP contribution in [0.1, 0.15) is 26.3 Å². The second-order valence-electron chi connectivity index (χ2n) is 11.5. The van der Waals surface area contributed by atoms with Crippen LogP contribution in [-0.4, -0.2) is 28.5 Å². The average Bonchev–Trinajstić information content (AvgIpc) is 2.85. The lowest BCUT2D eigenvalue weighted by Gasteiger charge is -2.40. The molecule has 36 heavy (non-hydrogen) atoms. The minimum Gasteiger partial charge on any atom is -0.415 e. The van der Waals surface area contributed by atoms with Gasteiger partial charge in [-0.3, -0.25) is 0 Å².